The molecule has 0 unspecified atom stereocenters. The summed E-state index contributed by atoms with van der Waals surface area (Å²) in [5, 5.41) is 1.01. The van der Waals surface area contributed by atoms with E-state index in [4.69, 9.17) is 10.6 Å². The zero-order chi connectivity index (χ0) is 17.0. The summed E-state index contributed by atoms with van der Waals surface area (Å²) in [6.45, 7) is 6.02. The van der Waals surface area contributed by atoms with Crippen molar-refractivity contribution in [2.45, 2.75) is 32.4 Å². The second-order valence-electron chi connectivity index (χ2n) is 6.45. The van der Waals surface area contributed by atoms with Gasteiger partial charge in [0, 0.05) is 12.1 Å². The number of nitrogens with zero attached hydrogens (tertiary/aromatic N) is 2. The van der Waals surface area contributed by atoms with Gasteiger partial charge in [-0.25, -0.2) is 15.6 Å². The Kier molecular flexibility index (Phi) is 5.05. The largest absolute Gasteiger partial charge is 0.443 e. The molecule has 0 spiro atoms. The highest BCUT2D eigenvalue weighted by molar-refractivity contribution is 5.95. The fourth-order valence-corrected chi connectivity index (χ4v) is 2.31. The topological polar surface area (TPSA) is 75.9 Å². The van der Waals surface area contributed by atoms with Crippen LogP contribution < -0.4 is 5.84 Å². The first-order chi connectivity index (χ1) is 10.8. The maximum atomic E-state index is 12.5. The number of ether oxygens (including phenoxy) is 1. The highest BCUT2D eigenvalue weighted by Crippen LogP contribution is 2.16. The van der Waals surface area contributed by atoms with E-state index in [0.29, 0.717) is 12.1 Å². The Balaban J connectivity index is 2.00. The minimum Gasteiger partial charge on any atom is -0.443 e. The molecule has 1 aromatic carbocycles. The van der Waals surface area contributed by atoms with E-state index in [-0.39, 0.29) is 18.5 Å². The maximum absolute atomic E-state index is 12.5. The van der Waals surface area contributed by atoms with Crippen molar-refractivity contribution in [3.05, 3.63) is 48.0 Å². The summed E-state index contributed by atoms with van der Waals surface area (Å²) in [6, 6.07) is 8.78. The van der Waals surface area contributed by atoms with E-state index >= 15 is 0 Å². The van der Waals surface area contributed by atoms with Crippen molar-refractivity contribution in [3.63, 3.8) is 0 Å². The van der Waals surface area contributed by atoms with E-state index in [2.05, 4.69) is 0 Å². The molecule has 0 fully saturated rings. The predicted octanol–water partition coefficient (Wildman–Crippen LogP) is 2.18. The van der Waals surface area contributed by atoms with Gasteiger partial charge < -0.3 is 9.64 Å². The lowest BCUT2D eigenvalue weighted by molar-refractivity contribution is 0.0208. The van der Waals surface area contributed by atoms with Crippen molar-refractivity contribution in [2.75, 3.05) is 13.1 Å². The molecular formula is C17H23N3O3. The number of benzene rings is 1. The van der Waals surface area contributed by atoms with Crippen LogP contribution in [0.25, 0.3) is 0 Å². The number of carbonyl (C=O) groups is 2. The number of carbonyl (C=O) groups excluding carboxylic acids is 2. The molecule has 1 aliphatic heterocycles. The van der Waals surface area contributed by atoms with Crippen molar-refractivity contribution in [3.8, 4) is 0 Å². The van der Waals surface area contributed by atoms with Crippen molar-refractivity contribution in [1.82, 2.24) is 9.91 Å². The van der Waals surface area contributed by atoms with E-state index in [9.17, 15) is 9.59 Å². The zero-order valence-corrected chi connectivity index (χ0v) is 13.7. The summed E-state index contributed by atoms with van der Waals surface area (Å²) >= 11 is 0. The fraction of sp³-hybridized carbons (Fsp3) is 0.412. The summed E-state index contributed by atoms with van der Waals surface area (Å²) < 4.78 is 5.22. The molecule has 124 valence electrons. The summed E-state index contributed by atoms with van der Waals surface area (Å²) in [7, 11) is 0. The number of hydrogen-bond acceptors (Lipinski definition) is 4. The Morgan fingerprint density at radius 2 is 1.96 bits per heavy atom. The van der Waals surface area contributed by atoms with Gasteiger partial charge in [-0.1, -0.05) is 30.4 Å². The number of rotatable bonds is 3. The number of amides is 2. The van der Waals surface area contributed by atoms with E-state index in [0.717, 1.165) is 5.01 Å². The van der Waals surface area contributed by atoms with Gasteiger partial charge in [0.15, 0.2) is 0 Å². The van der Waals surface area contributed by atoms with E-state index in [1.54, 1.807) is 37.8 Å². The van der Waals surface area contributed by atoms with Crippen LogP contribution in [0.15, 0.2) is 42.5 Å². The van der Waals surface area contributed by atoms with Crippen LogP contribution in [0.4, 0.5) is 4.79 Å². The third kappa shape index (κ3) is 4.56. The van der Waals surface area contributed by atoms with Crippen LogP contribution >= 0.6 is 0 Å². The third-order valence-electron chi connectivity index (χ3n) is 3.35. The molecule has 0 saturated heterocycles. The predicted molar refractivity (Wildman–Crippen MR) is 87.5 cm³/mol. The second kappa shape index (κ2) is 6.83. The lowest BCUT2D eigenvalue weighted by Gasteiger charge is -2.29. The van der Waals surface area contributed by atoms with Crippen LogP contribution in [0.3, 0.4) is 0 Å². The summed E-state index contributed by atoms with van der Waals surface area (Å²) in [5.41, 5.74) is 0.00165. The Labute approximate surface area is 136 Å². The molecule has 23 heavy (non-hydrogen) atoms. The zero-order valence-electron chi connectivity index (χ0n) is 13.7. The van der Waals surface area contributed by atoms with Gasteiger partial charge in [0.05, 0.1) is 12.6 Å². The normalized spacial score (nSPS) is 17.2. The average Bonchev–Trinajstić information content (AvgIpc) is 2.93. The Morgan fingerprint density at radius 1 is 1.30 bits per heavy atom. The summed E-state index contributed by atoms with van der Waals surface area (Å²) in [5.74, 6) is 5.71. The van der Waals surface area contributed by atoms with E-state index in [1.165, 1.54) is 0 Å². The molecule has 1 heterocycles. The van der Waals surface area contributed by atoms with Gasteiger partial charge in [0.25, 0.3) is 5.91 Å². The molecule has 2 N–H and O–H groups in total. The number of nitrogens with two attached hydrogens (primary N) is 1. The second-order valence-corrected chi connectivity index (χ2v) is 6.45. The van der Waals surface area contributed by atoms with E-state index < -0.39 is 11.7 Å². The molecule has 1 aliphatic rings. The smallest absolute Gasteiger partial charge is 0.424 e. The van der Waals surface area contributed by atoms with Crippen molar-refractivity contribution in [2.24, 2.45) is 5.84 Å². The first-order valence-corrected chi connectivity index (χ1v) is 7.56. The van der Waals surface area contributed by atoms with Gasteiger partial charge in [0.1, 0.15) is 5.60 Å². The Hall–Kier alpha value is -2.34. The van der Waals surface area contributed by atoms with Gasteiger partial charge >= 0.3 is 6.09 Å². The highest BCUT2D eigenvalue weighted by Gasteiger charge is 2.29. The van der Waals surface area contributed by atoms with Crippen LogP contribution in [0, 0.1) is 0 Å². The van der Waals surface area contributed by atoms with Gasteiger partial charge in [0.2, 0.25) is 0 Å². The van der Waals surface area contributed by atoms with Crippen LogP contribution in [0.2, 0.25) is 0 Å². The Bertz CT molecular complexity index is 593. The lowest BCUT2D eigenvalue weighted by Crippen LogP contribution is -2.49. The first kappa shape index (κ1) is 17.0. The van der Waals surface area contributed by atoms with Gasteiger partial charge in [-0.15, -0.1) is 0 Å². The van der Waals surface area contributed by atoms with Gasteiger partial charge in [-0.2, -0.15) is 0 Å². The van der Waals surface area contributed by atoms with Gasteiger partial charge in [-0.3, -0.25) is 4.79 Å². The molecule has 0 aromatic heterocycles. The maximum Gasteiger partial charge on any atom is 0.424 e. The Morgan fingerprint density at radius 3 is 2.57 bits per heavy atom. The van der Waals surface area contributed by atoms with Crippen LogP contribution in [-0.4, -0.2) is 46.6 Å². The van der Waals surface area contributed by atoms with Crippen LogP contribution in [-0.2, 0) is 4.74 Å². The molecule has 0 saturated carbocycles. The minimum atomic E-state index is -0.611. The van der Waals surface area contributed by atoms with Gasteiger partial charge in [-0.05, 0) is 32.9 Å². The molecule has 6 nitrogen and oxygen atoms in total. The van der Waals surface area contributed by atoms with Crippen molar-refractivity contribution < 1.29 is 14.3 Å². The monoisotopic (exact) mass is 317 g/mol. The van der Waals surface area contributed by atoms with Crippen molar-refractivity contribution in [1.29, 1.82) is 0 Å². The number of hydrazine groups is 1. The number of hydrogen-bond donors (Lipinski definition) is 1. The molecule has 2 amide bonds. The molecule has 0 bridgehead atoms. The van der Waals surface area contributed by atoms with E-state index in [1.807, 2.05) is 30.4 Å². The molecule has 0 radical (unpaired) electrons. The molecule has 2 rings (SSSR count). The lowest BCUT2D eigenvalue weighted by atomic mass is 10.2. The standard InChI is InChI=1S/C17H23N3O3/c1-17(2,3)23-16(22)20(18)12-14-10-7-11-19(14)15(21)13-8-5-4-6-9-13/h4-10,14H,11-12,18H2,1-3H3/t14-/m0/s1. The molecular weight excluding hydrogens is 294 g/mol. The summed E-state index contributed by atoms with van der Waals surface area (Å²) in [4.78, 5) is 26.2. The molecule has 1 atom stereocenters. The first-order valence-electron chi connectivity index (χ1n) is 7.56. The van der Waals surface area contributed by atoms with Crippen LogP contribution in [0.1, 0.15) is 31.1 Å². The van der Waals surface area contributed by atoms with Crippen molar-refractivity contribution >= 4 is 12.0 Å². The highest BCUT2D eigenvalue weighted by atomic mass is 16.6. The average molecular weight is 317 g/mol. The molecule has 6 heteroatoms. The van der Waals surface area contributed by atoms with Crippen LogP contribution in [0.5, 0.6) is 0 Å². The SMILES string of the molecule is CC(C)(C)OC(=O)N(N)C[C@@H]1C=CCN1C(=O)c1ccccc1. The molecule has 0 aliphatic carbocycles. The fourth-order valence-electron chi connectivity index (χ4n) is 2.31. The minimum absolute atomic E-state index is 0.0850. The molecule has 1 aromatic rings. The third-order valence-corrected chi connectivity index (χ3v) is 3.35. The summed E-state index contributed by atoms with van der Waals surface area (Å²) in [6.07, 6.45) is 3.17. The quantitative estimate of drug-likeness (QED) is 0.401.